The molecule has 2 aliphatic rings. The number of anilines is 1. The van der Waals surface area contributed by atoms with E-state index in [1.165, 1.54) is 5.56 Å². The van der Waals surface area contributed by atoms with Crippen LogP contribution in [-0.2, 0) is 9.53 Å². The second kappa shape index (κ2) is 9.59. The van der Waals surface area contributed by atoms with Crippen LogP contribution in [0.1, 0.15) is 31.2 Å². The zero-order chi connectivity index (χ0) is 20.1. The minimum Gasteiger partial charge on any atom is -0.376 e. The average molecular weight is 413 g/mol. The van der Waals surface area contributed by atoms with Crippen LogP contribution in [0.3, 0.4) is 0 Å². The summed E-state index contributed by atoms with van der Waals surface area (Å²) in [5, 5.41) is 3.98. The van der Waals surface area contributed by atoms with Crippen LogP contribution in [0.25, 0.3) is 0 Å². The maximum Gasteiger partial charge on any atom is 0.224 e. The molecule has 0 bridgehead atoms. The minimum absolute atomic E-state index is 0.0237. The van der Waals surface area contributed by atoms with Crippen molar-refractivity contribution in [1.82, 2.24) is 15.3 Å². The third kappa shape index (κ3) is 5.28. The Morgan fingerprint density at radius 2 is 2.03 bits per heavy atom. The highest BCUT2D eigenvalue weighted by molar-refractivity contribution is 7.99. The lowest BCUT2D eigenvalue weighted by atomic mass is 9.97. The Morgan fingerprint density at radius 3 is 2.83 bits per heavy atom. The lowest BCUT2D eigenvalue weighted by Gasteiger charge is -2.33. The number of ether oxygens (including phenoxy) is 1. The van der Waals surface area contributed by atoms with Crippen LogP contribution in [0.2, 0.25) is 0 Å². The Kier molecular flexibility index (Phi) is 6.67. The normalized spacial score (nSPS) is 21.9. The van der Waals surface area contributed by atoms with E-state index in [1.54, 1.807) is 24.2 Å². The second-order valence-electron chi connectivity index (χ2n) is 7.77. The number of hydrogen-bond donors (Lipinski definition) is 1. The van der Waals surface area contributed by atoms with Gasteiger partial charge in [0.15, 0.2) is 5.82 Å². The van der Waals surface area contributed by atoms with Gasteiger partial charge >= 0.3 is 0 Å². The number of aryl methyl sites for hydroxylation is 1. The number of nitrogens with one attached hydrogen (secondary N) is 1. The number of aromatic nitrogens is 2. The van der Waals surface area contributed by atoms with Crippen LogP contribution in [0.15, 0.2) is 46.6 Å². The molecule has 7 heteroatoms. The van der Waals surface area contributed by atoms with Crippen molar-refractivity contribution in [1.29, 1.82) is 0 Å². The van der Waals surface area contributed by atoms with Gasteiger partial charge in [0.2, 0.25) is 5.91 Å². The molecule has 1 amide bonds. The van der Waals surface area contributed by atoms with E-state index < -0.39 is 0 Å². The van der Waals surface area contributed by atoms with Crippen molar-refractivity contribution in [2.75, 3.05) is 31.1 Å². The van der Waals surface area contributed by atoms with Gasteiger partial charge in [-0.15, -0.1) is 0 Å². The van der Waals surface area contributed by atoms with Crippen LogP contribution in [0, 0.1) is 12.8 Å². The van der Waals surface area contributed by atoms with E-state index in [0.717, 1.165) is 54.6 Å². The molecule has 0 spiro atoms. The summed E-state index contributed by atoms with van der Waals surface area (Å²) < 4.78 is 5.61. The molecule has 1 aromatic carbocycles. The first-order valence-corrected chi connectivity index (χ1v) is 11.2. The van der Waals surface area contributed by atoms with Gasteiger partial charge in [0.25, 0.3) is 0 Å². The largest absolute Gasteiger partial charge is 0.376 e. The molecule has 3 heterocycles. The van der Waals surface area contributed by atoms with Crippen molar-refractivity contribution < 1.29 is 9.53 Å². The number of amides is 1. The fourth-order valence-electron chi connectivity index (χ4n) is 3.87. The average Bonchev–Trinajstić information content (AvgIpc) is 3.28. The zero-order valence-corrected chi connectivity index (χ0v) is 17.7. The number of carbonyl (C=O) groups is 1. The number of hydrogen-bond acceptors (Lipinski definition) is 6. The molecular formula is C22H28N4O2S. The molecular weight excluding hydrogens is 384 g/mol. The number of rotatable bonds is 6. The molecule has 0 unspecified atom stereocenters. The van der Waals surface area contributed by atoms with Crippen molar-refractivity contribution in [2.24, 2.45) is 5.92 Å². The molecule has 29 heavy (non-hydrogen) atoms. The number of benzene rings is 1. The van der Waals surface area contributed by atoms with Gasteiger partial charge in [-0.05, 0) is 44.7 Å². The van der Waals surface area contributed by atoms with Gasteiger partial charge in [-0.3, -0.25) is 4.79 Å². The summed E-state index contributed by atoms with van der Waals surface area (Å²) >= 11 is 1.62. The maximum absolute atomic E-state index is 12.7. The maximum atomic E-state index is 12.7. The Morgan fingerprint density at radius 1 is 1.21 bits per heavy atom. The summed E-state index contributed by atoms with van der Waals surface area (Å²) in [7, 11) is 0. The van der Waals surface area contributed by atoms with E-state index in [4.69, 9.17) is 4.74 Å². The van der Waals surface area contributed by atoms with Gasteiger partial charge < -0.3 is 15.0 Å². The Bertz CT molecular complexity index is 824. The smallest absolute Gasteiger partial charge is 0.224 e. The van der Waals surface area contributed by atoms with Crippen LogP contribution in [-0.4, -0.2) is 48.2 Å². The van der Waals surface area contributed by atoms with Gasteiger partial charge in [0.05, 0.1) is 12.0 Å². The van der Waals surface area contributed by atoms with E-state index in [1.807, 2.05) is 0 Å². The predicted molar refractivity (Wildman–Crippen MR) is 114 cm³/mol. The molecule has 0 radical (unpaired) electrons. The Balaban J connectivity index is 1.41. The summed E-state index contributed by atoms with van der Waals surface area (Å²) in [6.45, 7) is 5.09. The SMILES string of the molecule is Cc1ccc(Sc2nccnc2N2CCC[C@@H](C(=O)NC[C@@H]3CCCO3)C2)cc1. The highest BCUT2D eigenvalue weighted by Gasteiger charge is 2.28. The number of carbonyl (C=O) groups excluding carboxylic acids is 1. The molecule has 0 aliphatic carbocycles. The Labute approximate surface area is 176 Å². The van der Waals surface area contributed by atoms with E-state index in [0.29, 0.717) is 13.1 Å². The van der Waals surface area contributed by atoms with Crippen molar-refractivity contribution in [3.05, 3.63) is 42.2 Å². The third-order valence-electron chi connectivity index (χ3n) is 5.50. The van der Waals surface area contributed by atoms with Crippen molar-refractivity contribution in [2.45, 2.75) is 48.6 Å². The summed E-state index contributed by atoms with van der Waals surface area (Å²) in [4.78, 5) is 25.2. The highest BCUT2D eigenvalue weighted by atomic mass is 32.2. The van der Waals surface area contributed by atoms with E-state index in [2.05, 4.69) is 51.4 Å². The Hall–Kier alpha value is -2.12. The standard InChI is InChI=1S/C22H28N4O2S/c1-16-6-8-19(9-7-16)29-22-20(23-10-11-24-22)26-12-2-4-17(15-26)21(27)25-14-18-5-3-13-28-18/h6-11,17-18H,2-5,12-15H2,1H3,(H,25,27)/t17-,18+/m1/s1. The quantitative estimate of drug-likeness (QED) is 0.784. The van der Waals surface area contributed by atoms with E-state index >= 15 is 0 Å². The molecule has 2 fully saturated rings. The summed E-state index contributed by atoms with van der Waals surface area (Å²) in [6, 6.07) is 8.42. The van der Waals surface area contributed by atoms with Crippen LogP contribution < -0.4 is 10.2 Å². The van der Waals surface area contributed by atoms with Crippen molar-refractivity contribution in [3.8, 4) is 0 Å². The topological polar surface area (TPSA) is 67.4 Å². The molecule has 1 aromatic heterocycles. The first-order valence-electron chi connectivity index (χ1n) is 10.4. The van der Waals surface area contributed by atoms with Gasteiger partial charge in [0.1, 0.15) is 5.03 Å². The number of piperidine rings is 1. The summed E-state index contributed by atoms with van der Waals surface area (Å²) in [6.07, 6.45) is 7.65. The van der Waals surface area contributed by atoms with Crippen LogP contribution in [0.5, 0.6) is 0 Å². The highest BCUT2D eigenvalue weighted by Crippen LogP contribution is 2.34. The zero-order valence-electron chi connectivity index (χ0n) is 16.8. The van der Waals surface area contributed by atoms with Crippen molar-refractivity contribution >= 4 is 23.5 Å². The van der Waals surface area contributed by atoms with E-state index in [-0.39, 0.29) is 17.9 Å². The molecule has 2 aromatic rings. The summed E-state index contributed by atoms with van der Waals surface area (Å²) in [5.41, 5.74) is 1.24. The fraction of sp³-hybridized carbons (Fsp3) is 0.500. The second-order valence-corrected chi connectivity index (χ2v) is 8.83. The predicted octanol–water partition coefficient (Wildman–Crippen LogP) is 3.45. The van der Waals surface area contributed by atoms with Gasteiger partial charge in [-0.2, -0.15) is 0 Å². The first-order chi connectivity index (χ1) is 14.2. The molecule has 1 N–H and O–H groups in total. The molecule has 4 rings (SSSR count). The molecule has 2 aliphatic heterocycles. The first kappa shape index (κ1) is 20.2. The fourth-order valence-corrected chi connectivity index (χ4v) is 4.75. The molecule has 6 nitrogen and oxygen atoms in total. The van der Waals surface area contributed by atoms with Gasteiger partial charge in [0, 0.05) is 43.5 Å². The van der Waals surface area contributed by atoms with Crippen LogP contribution >= 0.6 is 11.8 Å². The van der Waals surface area contributed by atoms with Gasteiger partial charge in [-0.1, -0.05) is 29.5 Å². The lowest BCUT2D eigenvalue weighted by Crippen LogP contribution is -2.45. The monoisotopic (exact) mass is 412 g/mol. The lowest BCUT2D eigenvalue weighted by molar-refractivity contribution is -0.125. The molecule has 0 saturated carbocycles. The minimum atomic E-state index is -0.0237. The molecule has 154 valence electrons. The molecule has 2 saturated heterocycles. The van der Waals surface area contributed by atoms with E-state index in [9.17, 15) is 4.79 Å². The molecule has 2 atom stereocenters. The van der Waals surface area contributed by atoms with Crippen molar-refractivity contribution in [3.63, 3.8) is 0 Å². The summed E-state index contributed by atoms with van der Waals surface area (Å²) in [5.74, 6) is 0.973. The van der Waals surface area contributed by atoms with Gasteiger partial charge in [-0.25, -0.2) is 9.97 Å². The number of nitrogens with zero attached hydrogens (tertiary/aromatic N) is 3. The third-order valence-corrected chi connectivity index (χ3v) is 6.49. The van der Waals surface area contributed by atoms with Crippen LogP contribution in [0.4, 0.5) is 5.82 Å².